The molecule has 0 aliphatic heterocycles. The van der Waals surface area contributed by atoms with E-state index in [1.807, 2.05) is 5.32 Å². The lowest BCUT2D eigenvalue weighted by Gasteiger charge is -2.37. The van der Waals surface area contributed by atoms with Gasteiger partial charge >= 0.3 is 12.2 Å². The molecule has 0 atom stereocenters. The Bertz CT molecular complexity index is 241. The Hall–Kier alpha value is -0.980. The molecule has 0 heterocycles. The largest absolute Gasteiger partial charge is 0.405 e. The Morgan fingerprint density at radius 3 is 2.19 bits per heavy atom. The van der Waals surface area contributed by atoms with Crippen molar-refractivity contribution in [3.63, 3.8) is 0 Å². The fourth-order valence-electron chi connectivity index (χ4n) is 1.23. The SMILES string of the molecule is CCN(C(=O)NCC(F)(F)F)C(C)(C)CN. The maximum atomic E-state index is 11.9. The molecule has 0 unspecified atom stereocenters. The van der Waals surface area contributed by atoms with Crippen LogP contribution in [0.3, 0.4) is 0 Å². The van der Waals surface area contributed by atoms with Crippen LogP contribution in [0.5, 0.6) is 0 Å². The quantitative estimate of drug-likeness (QED) is 0.779. The molecule has 4 nitrogen and oxygen atoms in total. The molecule has 0 radical (unpaired) electrons. The van der Waals surface area contributed by atoms with Gasteiger partial charge in [-0.2, -0.15) is 13.2 Å². The topological polar surface area (TPSA) is 58.4 Å². The summed E-state index contributed by atoms with van der Waals surface area (Å²) >= 11 is 0. The first kappa shape index (κ1) is 15.0. The molecule has 16 heavy (non-hydrogen) atoms. The lowest BCUT2D eigenvalue weighted by Crippen LogP contribution is -2.56. The normalized spacial score (nSPS) is 12.4. The fraction of sp³-hybridized carbons (Fsp3) is 0.889. The molecule has 96 valence electrons. The monoisotopic (exact) mass is 241 g/mol. The van der Waals surface area contributed by atoms with Crippen LogP contribution >= 0.6 is 0 Å². The van der Waals surface area contributed by atoms with Gasteiger partial charge in [0.05, 0.1) is 5.54 Å². The lowest BCUT2D eigenvalue weighted by atomic mass is 10.0. The van der Waals surface area contributed by atoms with Crippen LogP contribution in [0.4, 0.5) is 18.0 Å². The van der Waals surface area contributed by atoms with E-state index in [9.17, 15) is 18.0 Å². The van der Waals surface area contributed by atoms with E-state index < -0.39 is 24.3 Å². The molecular formula is C9H18F3N3O. The van der Waals surface area contributed by atoms with Crippen LogP contribution in [-0.4, -0.2) is 42.3 Å². The maximum absolute atomic E-state index is 11.9. The van der Waals surface area contributed by atoms with Gasteiger partial charge in [-0.15, -0.1) is 0 Å². The number of nitrogens with zero attached hydrogens (tertiary/aromatic N) is 1. The van der Waals surface area contributed by atoms with Gasteiger partial charge in [-0.05, 0) is 20.8 Å². The van der Waals surface area contributed by atoms with E-state index in [4.69, 9.17) is 5.73 Å². The number of likely N-dealkylation sites (N-methyl/N-ethyl adjacent to an activating group) is 1. The highest BCUT2D eigenvalue weighted by Gasteiger charge is 2.32. The molecular weight excluding hydrogens is 223 g/mol. The van der Waals surface area contributed by atoms with Crippen molar-refractivity contribution in [1.29, 1.82) is 0 Å². The molecule has 0 aromatic heterocycles. The van der Waals surface area contributed by atoms with Crippen LogP contribution in [0.2, 0.25) is 0 Å². The second kappa shape index (κ2) is 5.38. The van der Waals surface area contributed by atoms with E-state index in [0.29, 0.717) is 6.54 Å². The van der Waals surface area contributed by atoms with E-state index in [1.54, 1.807) is 20.8 Å². The molecule has 0 aromatic carbocycles. The molecule has 0 aliphatic rings. The molecule has 0 fully saturated rings. The fourth-order valence-corrected chi connectivity index (χ4v) is 1.23. The summed E-state index contributed by atoms with van der Waals surface area (Å²) < 4.78 is 35.7. The Labute approximate surface area is 93.0 Å². The van der Waals surface area contributed by atoms with Gasteiger partial charge in [-0.1, -0.05) is 0 Å². The van der Waals surface area contributed by atoms with Crippen LogP contribution in [0, 0.1) is 0 Å². The zero-order valence-corrected chi connectivity index (χ0v) is 9.69. The Kier molecular flexibility index (Phi) is 5.05. The molecule has 0 aliphatic carbocycles. The minimum Gasteiger partial charge on any atom is -0.329 e. The predicted molar refractivity (Wildman–Crippen MR) is 55.0 cm³/mol. The number of carbonyl (C=O) groups excluding carboxylic acids is 1. The Morgan fingerprint density at radius 2 is 1.88 bits per heavy atom. The molecule has 0 spiro atoms. The van der Waals surface area contributed by atoms with Gasteiger partial charge < -0.3 is 16.0 Å². The molecule has 0 saturated heterocycles. The highest BCUT2D eigenvalue weighted by atomic mass is 19.4. The minimum absolute atomic E-state index is 0.181. The summed E-state index contributed by atoms with van der Waals surface area (Å²) in [4.78, 5) is 12.8. The summed E-state index contributed by atoms with van der Waals surface area (Å²) in [7, 11) is 0. The number of alkyl halides is 3. The maximum Gasteiger partial charge on any atom is 0.405 e. The third-order valence-electron chi connectivity index (χ3n) is 2.23. The second-order valence-electron chi connectivity index (χ2n) is 4.03. The van der Waals surface area contributed by atoms with Crippen molar-refractivity contribution < 1.29 is 18.0 Å². The third-order valence-corrected chi connectivity index (χ3v) is 2.23. The highest BCUT2D eigenvalue weighted by Crippen LogP contribution is 2.15. The smallest absolute Gasteiger partial charge is 0.329 e. The van der Waals surface area contributed by atoms with Crippen LogP contribution < -0.4 is 11.1 Å². The number of hydrogen-bond acceptors (Lipinski definition) is 2. The molecule has 3 N–H and O–H groups in total. The average Bonchev–Trinajstić information content (AvgIpc) is 2.14. The van der Waals surface area contributed by atoms with Crippen molar-refractivity contribution >= 4 is 6.03 Å². The second-order valence-corrected chi connectivity index (χ2v) is 4.03. The highest BCUT2D eigenvalue weighted by molar-refractivity contribution is 5.75. The first-order valence-corrected chi connectivity index (χ1v) is 4.96. The summed E-state index contributed by atoms with van der Waals surface area (Å²) in [6.07, 6.45) is -4.40. The first-order chi connectivity index (χ1) is 7.14. The van der Waals surface area contributed by atoms with Gasteiger partial charge in [0.2, 0.25) is 0 Å². The summed E-state index contributed by atoms with van der Waals surface area (Å²) in [5.74, 6) is 0. The van der Waals surface area contributed by atoms with Gasteiger partial charge in [0.25, 0.3) is 0 Å². The van der Waals surface area contributed by atoms with Gasteiger partial charge in [-0.25, -0.2) is 4.79 Å². The molecule has 2 amide bonds. The van der Waals surface area contributed by atoms with Crippen molar-refractivity contribution in [3.05, 3.63) is 0 Å². The molecule has 0 saturated carbocycles. The number of halogens is 3. The van der Waals surface area contributed by atoms with Crippen LogP contribution in [0.15, 0.2) is 0 Å². The molecule has 0 bridgehead atoms. The zero-order valence-electron chi connectivity index (χ0n) is 9.69. The summed E-state index contributed by atoms with van der Waals surface area (Å²) in [5, 5.41) is 1.82. The van der Waals surface area contributed by atoms with E-state index in [-0.39, 0.29) is 6.54 Å². The Morgan fingerprint density at radius 1 is 1.38 bits per heavy atom. The van der Waals surface area contributed by atoms with Crippen molar-refractivity contribution in [1.82, 2.24) is 10.2 Å². The predicted octanol–water partition coefficient (Wildman–Crippen LogP) is 1.32. The van der Waals surface area contributed by atoms with Crippen molar-refractivity contribution in [2.75, 3.05) is 19.6 Å². The number of hydrogen-bond donors (Lipinski definition) is 2. The van der Waals surface area contributed by atoms with Gasteiger partial charge in [-0.3, -0.25) is 0 Å². The van der Waals surface area contributed by atoms with Crippen LogP contribution in [0.25, 0.3) is 0 Å². The summed E-state index contributed by atoms with van der Waals surface area (Å²) in [6, 6.07) is -0.754. The summed E-state index contributed by atoms with van der Waals surface area (Å²) in [5.41, 5.74) is 4.80. The van der Waals surface area contributed by atoms with E-state index in [2.05, 4.69) is 0 Å². The van der Waals surface area contributed by atoms with Gasteiger partial charge in [0.1, 0.15) is 6.54 Å². The number of carbonyl (C=O) groups is 1. The van der Waals surface area contributed by atoms with Crippen molar-refractivity contribution in [3.8, 4) is 0 Å². The number of nitrogens with two attached hydrogens (primary N) is 1. The Balaban J connectivity index is 4.45. The average molecular weight is 241 g/mol. The van der Waals surface area contributed by atoms with E-state index >= 15 is 0 Å². The number of rotatable bonds is 4. The molecule has 0 aromatic rings. The van der Waals surface area contributed by atoms with E-state index in [0.717, 1.165) is 0 Å². The van der Waals surface area contributed by atoms with E-state index in [1.165, 1.54) is 4.90 Å². The van der Waals surface area contributed by atoms with Crippen LogP contribution in [0.1, 0.15) is 20.8 Å². The van der Waals surface area contributed by atoms with Crippen molar-refractivity contribution in [2.24, 2.45) is 5.73 Å². The van der Waals surface area contributed by atoms with Crippen molar-refractivity contribution in [2.45, 2.75) is 32.5 Å². The number of nitrogens with one attached hydrogen (secondary N) is 1. The number of amides is 2. The van der Waals surface area contributed by atoms with Crippen LogP contribution in [-0.2, 0) is 0 Å². The first-order valence-electron chi connectivity index (χ1n) is 4.96. The standard InChI is InChI=1S/C9H18F3N3O/c1-4-15(8(2,3)5-13)7(16)14-6-9(10,11)12/h4-6,13H2,1-3H3,(H,14,16). The molecule has 0 rings (SSSR count). The summed E-state index contributed by atoms with van der Waals surface area (Å²) in [6.45, 7) is 4.23. The van der Waals surface area contributed by atoms with Gasteiger partial charge in [0, 0.05) is 13.1 Å². The van der Waals surface area contributed by atoms with Gasteiger partial charge in [0.15, 0.2) is 0 Å². The molecule has 7 heteroatoms. The lowest BCUT2D eigenvalue weighted by molar-refractivity contribution is -0.123. The third kappa shape index (κ3) is 4.69. The number of urea groups is 1. The minimum atomic E-state index is -4.40. The zero-order chi connectivity index (χ0) is 13.0.